The fourth-order valence-corrected chi connectivity index (χ4v) is 2.13. The quantitative estimate of drug-likeness (QED) is 0.758. The molecule has 0 radical (unpaired) electrons. The average molecular weight is 248 g/mol. The molecular formula is C12H22ClNO2. The zero-order chi connectivity index (χ0) is 12.0. The summed E-state index contributed by atoms with van der Waals surface area (Å²) in [5.41, 5.74) is 0. The van der Waals surface area contributed by atoms with Gasteiger partial charge in [0.1, 0.15) is 6.61 Å². The third kappa shape index (κ3) is 5.71. The molecular weight excluding hydrogens is 226 g/mol. The van der Waals surface area contributed by atoms with Crippen LogP contribution in [0.5, 0.6) is 0 Å². The maximum absolute atomic E-state index is 11.4. The molecule has 3 nitrogen and oxygen atoms in total. The Balaban J connectivity index is 2.07. The van der Waals surface area contributed by atoms with E-state index in [0.29, 0.717) is 11.3 Å². The van der Waals surface area contributed by atoms with E-state index in [2.05, 4.69) is 5.32 Å². The van der Waals surface area contributed by atoms with Crippen LogP contribution < -0.4 is 5.32 Å². The number of nitrogens with one attached hydrogen (secondary N) is 1. The molecule has 0 saturated heterocycles. The molecule has 0 unspecified atom stereocenters. The molecule has 0 spiro atoms. The van der Waals surface area contributed by atoms with Crippen LogP contribution in [0, 0.1) is 5.92 Å². The summed E-state index contributed by atoms with van der Waals surface area (Å²) in [5, 5.41) is 3.26. The van der Waals surface area contributed by atoms with Gasteiger partial charge in [0.05, 0.1) is 6.10 Å². The lowest BCUT2D eigenvalue weighted by molar-refractivity contribution is -0.127. The van der Waals surface area contributed by atoms with Crippen LogP contribution in [0.25, 0.3) is 0 Å². The van der Waals surface area contributed by atoms with Crippen LogP contribution in [0.4, 0.5) is 0 Å². The number of hydrogen-bond acceptors (Lipinski definition) is 2. The molecule has 0 heterocycles. The van der Waals surface area contributed by atoms with E-state index in [4.69, 9.17) is 16.3 Å². The van der Waals surface area contributed by atoms with E-state index >= 15 is 0 Å². The Morgan fingerprint density at radius 3 is 2.56 bits per heavy atom. The molecule has 0 aromatic carbocycles. The monoisotopic (exact) mass is 247 g/mol. The number of halogens is 1. The van der Waals surface area contributed by atoms with Crippen molar-refractivity contribution >= 4 is 17.5 Å². The fourth-order valence-electron chi connectivity index (χ4n) is 1.88. The van der Waals surface area contributed by atoms with Crippen molar-refractivity contribution in [1.82, 2.24) is 5.32 Å². The molecule has 16 heavy (non-hydrogen) atoms. The Hall–Kier alpha value is -0.280. The Labute approximate surface area is 103 Å². The number of carbonyl (C=O) groups is 1. The van der Waals surface area contributed by atoms with Crippen LogP contribution in [0.1, 0.15) is 39.5 Å². The molecule has 1 saturated carbocycles. The van der Waals surface area contributed by atoms with Crippen LogP contribution in [-0.2, 0) is 9.53 Å². The van der Waals surface area contributed by atoms with Gasteiger partial charge < -0.3 is 10.1 Å². The standard InChI is InChI=1S/C12H22ClNO2/c1-9(2)16-8-12(15)14-7-10-3-5-11(13)6-4-10/h9-11H,3-8H2,1-2H3,(H,14,15). The van der Waals surface area contributed by atoms with E-state index in [1.54, 1.807) is 0 Å². The van der Waals surface area contributed by atoms with Gasteiger partial charge in [0.15, 0.2) is 0 Å². The highest BCUT2D eigenvalue weighted by Gasteiger charge is 2.19. The van der Waals surface area contributed by atoms with Crippen LogP contribution in [0.2, 0.25) is 0 Å². The van der Waals surface area contributed by atoms with Crippen LogP contribution in [0.15, 0.2) is 0 Å². The van der Waals surface area contributed by atoms with Gasteiger partial charge in [-0.05, 0) is 45.4 Å². The van der Waals surface area contributed by atoms with Crippen LogP contribution in [0.3, 0.4) is 0 Å². The second-order valence-electron chi connectivity index (χ2n) is 4.78. The second-order valence-corrected chi connectivity index (χ2v) is 5.40. The predicted octanol–water partition coefficient (Wildman–Crippen LogP) is 2.33. The molecule has 0 atom stereocenters. The van der Waals surface area contributed by atoms with Crippen molar-refractivity contribution in [2.24, 2.45) is 5.92 Å². The summed E-state index contributed by atoms with van der Waals surface area (Å²) in [6.45, 7) is 4.79. The van der Waals surface area contributed by atoms with E-state index in [1.807, 2.05) is 13.8 Å². The van der Waals surface area contributed by atoms with E-state index in [0.717, 1.165) is 32.2 Å². The summed E-state index contributed by atoms with van der Waals surface area (Å²) in [6.07, 6.45) is 4.51. The lowest BCUT2D eigenvalue weighted by atomic mass is 9.89. The van der Waals surface area contributed by atoms with Crippen LogP contribution in [-0.4, -0.2) is 30.5 Å². The van der Waals surface area contributed by atoms with Gasteiger partial charge in [-0.2, -0.15) is 0 Å². The zero-order valence-electron chi connectivity index (χ0n) is 10.2. The number of amides is 1. The van der Waals surface area contributed by atoms with Crippen LogP contribution >= 0.6 is 11.6 Å². The minimum atomic E-state index is -0.0123. The highest BCUT2D eigenvalue weighted by atomic mass is 35.5. The first kappa shape index (κ1) is 13.8. The maximum Gasteiger partial charge on any atom is 0.246 e. The van der Waals surface area contributed by atoms with Gasteiger partial charge in [-0.15, -0.1) is 11.6 Å². The zero-order valence-corrected chi connectivity index (χ0v) is 10.9. The molecule has 1 aliphatic carbocycles. The highest BCUT2D eigenvalue weighted by molar-refractivity contribution is 6.20. The number of rotatable bonds is 5. The molecule has 1 aliphatic rings. The summed E-state index contributed by atoms with van der Waals surface area (Å²) >= 11 is 6.02. The number of carbonyl (C=O) groups excluding carboxylic acids is 1. The second kappa shape index (κ2) is 7.13. The lowest BCUT2D eigenvalue weighted by Crippen LogP contribution is -2.34. The third-order valence-corrected chi connectivity index (χ3v) is 3.35. The fraction of sp³-hybridized carbons (Fsp3) is 0.917. The summed E-state index contributed by atoms with van der Waals surface area (Å²) < 4.78 is 5.23. The molecule has 1 N–H and O–H groups in total. The van der Waals surface area contributed by atoms with Gasteiger partial charge in [-0.3, -0.25) is 4.79 Å². The van der Waals surface area contributed by atoms with E-state index in [1.165, 1.54) is 0 Å². The van der Waals surface area contributed by atoms with Gasteiger partial charge in [-0.1, -0.05) is 0 Å². The molecule has 0 aromatic rings. The topological polar surface area (TPSA) is 38.3 Å². The molecule has 1 fully saturated rings. The highest BCUT2D eigenvalue weighted by Crippen LogP contribution is 2.26. The summed E-state index contributed by atoms with van der Waals surface area (Å²) in [5.74, 6) is 0.583. The first-order chi connectivity index (χ1) is 7.58. The lowest BCUT2D eigenvalue weighted by Gasteiger charge is -2.25. The van der Waals surface area contributed by atoms with E-state index in [9.17, 15) is 4.79 Å². The number of ether oxygens (including phenoxy) is 1. The predicted molar refractivity (Wildman–Crippen MR) is 65.7 cm³/mol. The molecule has 0 aromatic heterocycles. The molecule has 1 rings (SSSR count). The summed E-state index contributed by atoms with van der Waals surface area (Å²) in [7, 11) is 0. The molecule has 0 aliphatic heterocycles. The van der Waals surface area contributed by atoms with Gasteiger partial charge in [0.2, 0.25) is 5.91 Å². The van der Waals surface area contributed by atoms with Gasteiger partial charge >= 0.3 is 0 Å². The van der Waals surface area contributed by atoms with Crippen molar-refractivity contribution in [2.75, 3.05) is 13.2 Å². The Kier molecular flexibility index (Phi) is 6.14. The van der Waals surface area contributed by atoms with Gasteiger partial charge in [-0.25, -0.2) is 0 Å². The molecule has 94 valence electrons. The van der Waals surface area contributed by atoms with Crippen molar-refractivity contribution < 1.29 is 9.53 Å². The Morgan fingerprint density at radius 2 is 2.00 bits per heavy atom. The minimum absolute atomic E-state index is 0.0123. The Bertz CT molecular complexity index is 213. The number of alkyl halides is 1. The Morgan fingerprint density at radius 1 is 1.38 bits per heavy atom. The van der Waals surface area contributed by atoms with Crippen molar-refractivity contribution in [2.45, 2.75) is 51.0 Å². The number of hydrogen-bond donors (Lipinski definition) is 1. The maximum atomic E-state index is 11.4. The van der Waals surface area contributed by atoms with Gasteiger partial charge in [0, 0.05) is 11.9 Å². The molecule has 4 heteroatoms. The van der Waals surface area contributed by atoms with Crippen molar-refractivity contribution in [1.29, 1.82) is 0 Å². The first-order valence-electron chi connectivity index (χ1n) is 6.10. The van der Waals surface area contributed by atoms with Gasteiger partial charge in [0.25, 0.3) is 0 Å². The molecule has 1 amide bonds. The largest absolute Gasteiger partial charge is 0.369 e. The van der Waals surface area contributed by atoms with Crippen molar-refractivity contribution in [3.05, 3.63) is 0 Å². The SMILES string of the molecule is CC(C)OCC(=O)NCC1CCC(Cl)CC1. The van der Waals surface area contributed by atoms with Crippen molar-refractivity contribution in [3.63, 3.8) is 0 Å². The third-order valence-electron chi connectivity index (χ3n) is 2.91. The minimum Gasteiger partial charge on any atom is -0.369 e. The van der Waals surface area contributed by atoms with E-state index in [-0.39, 0.29) is 18.6 Å². The van der Waals surface area contributed by atoms with Crippen molar-refractivity contribution in [3.8, 4) is 0 Å². The summed E-state index contributed by atoms with van der Waals surface area (Å²) in [4.78, 5) is 11.4. The van der Waals surface area contributed by atoms with E-state index < -0.39 is 0 Å². The normalized spacial score (nSPS) is 25.8. The first-order valence-corrected chi connectivity index (χ1v) is 6.54. The smallest absolute Gasteiger partial charge is 0.246 e. The molecule has 0 bridgehead atoms. The summed E-state index contributed by atoms with van der Waals surface area (Å²) in [6, 6.07) is 0. The average Bonchev–Trinajstić information content (AvgIpc) is 2.25.